The lowest BCUT2D eigenvalue weighted by atomic mass is 10.2. The molecule has 1 aliphatic rings. The van der Waals surface area contributed by atoms with E-state index in [1.165, 1.54) is 0 Å². The summed E-state index contributed by atoms with van der Waals surface area (Å²) in [6.07, 6.45) is 5.18. The van der Waals surface area contributed by atoms with Crippen LogP contribution in [0.5, 0.6) is 0 Å². The van der Waals surface area contributed by atoms with Gasteiger partial charge in [-0.15, -0.1) is 0 Å². The van der Waals surface area contributed by atoms with Crippen LogP contribution in [0.3, 0.4) is 0 Å². The Morgan fingerprint density at radius 1 is 1.57 bits per heavy atom. The van der Waals surface area contributed by atoms with Crippen LogP contribution < -0.4 is 5.32 Å². The van der Waals surface area contributed by atoms with Crippen molar-refractivity contribution in [3.63, 3.8) is 0 Å². The Balaban J connectivity index is 1.58. The van der Waals surface area contributed by atoms with E-state index in [1.54, 1.807) is 12.5 Å². The van der Waals surface area contributed by atoms with Crippen molar-refractivity contribution in [1.82, 2.24) is 15.4 Å². The van der Waals surface area contributed by atoms with Crippen LogP contribution in [0.25, 0.3) is 0 Å². The summed E-state index contributed by atoms with van der Waals surface area (Å²) in [5.41, 5.74) is 1.93. The number of hydrogen-bond acceptors (Lipinski definition) is 5. The molecular weight excluding hydrogens is 270 g/mol. The molecule has 2 aromatic heterocycles. The van der Waals surface area contributed by atoms with Gasteiger partial charge in [0.05, 0.1) is 24.5 Å². The van der Waals surface area contributed by atoms with Crippen molar-refractivity contribution in [2.24, 2.45) is 0 Å². The van der Waals surface area contributed by atoms with E-state index in [2.05, 4.69) is 15.4 Å². The van der Waals surface area contributed by atoms with Gasteiger partial charge in [-0.05, 0) is 38.4 Å². The topological polar surface area (TPSA) is 71.5 Å². The Bertz CT molecular complexity index is 591. The van der Waals surface area contributed by atoms with Gasteiger partial charge in [0, 0.05) is 12.1 Å². The first kappa shape index (κ1) is 13.9. The van der Waals surface area contributed by atoms with E-state index in [0.29, 0.717) is 13.1 Å². The van der Waals surface area contributed by atoms with Crippen LogP contribution >= 0.6 is 0 Å². The monoisotopic (exact) mass is 289 g/mol. The fraction of sp³-hybridized carbons (Fsp3) is 0.467. The van der Waals surface area contributed by atoms with Gasteiger partial charge >= 0.3 is 0 Å². The number of nitrogens with one attached hydrogen (secondary N) is 1. The molecule has 0 saturated carbocycles. The SMILES string of the molecule is Cc1nocc1CN1CCCC1C(=O)NCc1ccco1. The van der Waals surface area contributed by atoms with E-state index in [1.807, 2.05) is 19.1 Å². The van der Waals surface area contributed by atoms with Crippen LogP contribution in [0.4, 0.5) is 0 Å². The summed E-state index contributed by atoms with van der Waals surface area (Å²) in [5, 5.41) is 6.82. The van der Waals surface area contributed by atoms with Crippen molar-refractivity contribution < 1.29 is 13.7 Å². The molecule has 0 aromatic carbocycles. The van der Waals surface area contributed by atoms with Crippen LogP contribution in [0.2, 0.25) is 0 Å². The number of aromatic nitrogens is 1. The van der Waals surface area contributed by atoms with Gasteiger partial charge in [0.2, 0.25) is 5.91 Å². The molecule has 112 valence electrons. The van der Waals surface area contributed by atoms with Gasteiger partial charge in [0.25, 0.3) is 0 Å². The molecule has 3 heterocycles. The molecule has 0 aliphatic carbocycles. The lowest BCUT2D eigenvalue weighted by molar-refractivity contribution is -0.125. The van der Waals surface area contributed by atoms with Crippen molar-refractivity contribution in [2.45, 2.75) is 38.9 Å². The Morgan fingerprint density at radius 3 is 3.19 bits per heavy atom. The fourth-order valence-electron chi connectivity index (χ4n) is 2.70. The number of aryl methyl sites for hydroxylation is 1. The van der Waals surface area contributed by atoms with E-state index < -0.39 is 0 Å². The maximum Gasteiger partial charge on any atom is 0.237 e. The second kappa shape index (κ2) is 6.13. The molecule has 1 saturated heterocycles. The summed E-state index contributed by atoms with van der Waals surface area (Å²) in [6.45, 7) is 3.97. The zero-order valence-electron chi connectivity index (χ0n) is 12.0. The number of nitrogens with zero attached hydrogens (tertiary/aromatic N) is 2. The fourth-order valence-corrected chi connectivity index (χ4v) is 2.70. The van der Waals surface area contributed by atoms with Crippen molar-refractivity contribution in [3.8, 4) is 0 Å². The van der Waals surface area contributed by atoms with Gasteiger partial charge in [-0.3, -0.25) is 9.69 Å². The van der Waals surface area contributed by atoms with E-state index in [9.17, 15) is 4.79 Å². The Labute approximate surface area is 123 Å². The minimum Gasteiger partial charge on any atom is -0.467 e. The number of amides is 1. The second-order valence-electron chi connectivity index (χ2n) is 5.35. The Hall–Kier alpha value is -2.08. The first-order valence-corrected chi connectivity index (χ1v) is 7.18. The van der Waals surface area contributed by atoms with Gasteiger partial charge in [0.1, 0.15) is 12.0 Å². The van der Waals surface area contributed by atoms with Crippen molar-refractivity contribution in [1.29, 1.82) is 0 Å². The molecule has 1 fully saturated rings. The predicted molar refractivity (Wildman–Crippen MR) is 75.2 cm³/mol. The van der Waals surface area contributed by atoms with Gasteiger partial charge in [-0.1, -0.05) is 5.16 Å². The third-order valence-corrected chi connectivity index (χ3v) is 3.91. The van der Waals surface area contributed by atoms with E-state index in [4.69, 9.17) is 8.94 Å². The number of carbonyl (C=O) groups is 1. The summed E-state index contributed by atoms with van der Waals surface area (Å²) in [4.78, 5) is 14.5. The molecule has 1 atom stereocenters. The molecule has 0 spiro atoms. The third kappa shape index (κ3) is 3.16. The van der Waals surface area contributed by atoms with Crippen LogP contribution in [-0.4, -0.2) is 28.6 Å². The molecule has 0 bridgehead atoms. The molecule has 6 nitrogen and oxygen atoms in total. The zero-order valence-corrected chi connectivity index (χ0v) is 12.0. The Morgan fingerprint density at radius 2 is 2.48 bits per heavy atom. The molecule has 1 amide bonds. The lowest BCUT2D eigenvalue weighted by Gasteiger charge is -2.23. The third-order valence-electron chi connectivity index (χ3n) is 3.91. The average molecular weight is 289 g/mol. The largest absolute Gasteiger partial charge is 0.467 e. The molecule has 1 unspecified atom stereocenters. The van der Waals surface area contributed by atoms with Gasteiger partial charge in [0.15, 0.2) is 0 Å². The normalized spacial score (nSPS) is 19.0. The van der Waals surface area contributed by atoms with Crippen molar-refractivity contribution >= 4 is 5.91 Å². The quantitative estimate of drug-likeness (QED) is 0.909. The molecule has 6 heteroatoms. The van der Waals surface area contributed by atoms with Crippen LogP contribution in [0.1, 0.15) is 29.9 Å². The minimum atomic E-state index is -0.0886. The highest BCUT2D eigenvalue weighted by atomic mass is 16.5. The van der Waals surface area contributed by atoms with Gasteiger partial charge in [-0.2, -0.15) is 0 Å². The average Bonchev–Trinajstić information content (AvgIpc) is 3.20. The predicted octanol–water partition coefficient (Wildman–Crippen LogP) is 1.86. The number of likely N-dealkylation sites (tertiary alicyclic amines) is 1. The standard InChI is InChI=1S/C15H19N3O3/c1-11-12(10-21-17-11)9-18-6-2-5-14(18)15(19)16-8-13-4-3-7-20-13/h3-4,7,10,14H,2,5-6,8-9H2,1H3,(H,16,19). The van der Waals surface area contributed by atoms with E-state index in [-0.39, 0.29) is 11.9 Å². The summed E-state index contributed by atoms with van der Waals surface area (Å²) in [6, 6.07) is 3.58. The summed E-state index contributed by atoms with van der Waals surface area (Å²) < 4.78 is 10.2. The first-order valence-electron chi connectivity index (χ1n) is 7.18. The summed E-state index contributed by atoms with van der Waals surface area (Å²) in [7, 11) is 0. The molecule has 2 aromatic rings. The van der Waals surface area contributed by atoms with Crippen LogP contribution in [0.15, 0.2) is 33.6 Å². The van der Waals surface area contributed by atoms with Crippen molar-refractivity contribution in [2.75, 3.05) is 6.54 Å². The second-order valence-corrected chi connectivity index (χ2v) is 5.35. The molecule has 1 aliphatic heterocycles. The van der Waals surface area contributed by atoms with Crippen LogP contribution in [-0.2, 0) is 17.9 Å². The zero-order chi connectivity index (χ0) is 14.7. The smallest absolute Gasteiger partial charge is 0.237 e. The highest BCUT2D eigenvalue weighted by Gasteiger charge is 2.31. The van der Waals surface area contributed by atoms with Crippen LogP contribution in [0, 0.1) is 6.92 Å². The van der Waals surface area contributed by atoms with Gasteiger partial charge in [-0.25, -0.2) is 0 Å². The van der Waals surface area contributed by atoms with E-state index in [0.717, 1.165) is 36.4 Å². The van der Waals surface area contributed by atoms with Crippen molar-refractivity contribution in [3.05, 3.63) is 41.7 Å². The summed E-state index contributed by atoms with van der Waals surface area (Å²) in [5.74, 6) is 0.820. The highest BCUT2D eigenvalue weighted by molar-refractivity contribution is 5.81. The first-order chi connectivity index (χ1) is 10.2. The maximum absolute atomic E-state index is 12.3. The van der Waals surface area contributed by atoms with Gasteiger partial charge < -0.3 is 14.3 Å². The number of hydrogen-bond donors (Lipinski definition) is 1. The number of carbonyl (C=O) groups excluding carboxylic acids is 1. The minimum absolute atomic E-state index is 0.0537. The molecule has 21 heavy (non-hydrogen) atoms. The molecule has 3 rings (SSSR count). The summed E-state index contributed by atoms with van der Waals surface area (Å²) >= 11 is 0. The van der Waals surface area contributed by atoms with E-state index >= 15 is 0 Å². The maximum atomic E-state index is 12.3. The Kier molecular flexibility index (Phi) is 4.06. The molecule has 0 radical (unpaired) electrons. The highest BCUT2D eigenvalue weighted by Crippen LogP contribution is 2.21. The molecular formula is C15H19N3O3. The number of rotatable bonds is 5. The molecule has 1 N–H and O–H groups in total. The number of furan rings is 1. The lowest BCUT2D eigenvalue weighted by Crippen LogP contribution is -2.42.